The smallest absolute Gasteiger partial charge is 0.410 e. The first-order valence-electron chi connectivity index (χ1n) is 11.7. The van der Waals surface area contributed by atoms with E-state index in [4.69, 9.17) is 4.74 Å². The first-order valence-corrected chi connectivity index (χ1v) is 11.7. The molecule has 0 aliphatic carbocycles. The van der Waals surface area contributed by atoms with Gasteiger partial charge in [0.2, 0.25) is 0 Å². The number of amides is 1. The number of aromatic amines is 1. The number of hydrogen-bond acceptors (Lipinski definition) is 6. The molecule has 2 aromatic heterocycles. The van der Waals surface area contributed by atoms with E-state index in [1.807, 2.05) is 65.2 Å². The number of nitriles is 1. The highest BCUT2D eigenvalue weighted by Crippen LogP contribution is 2.31. The summed E-state index contributed by atoms with van der Waals surface area (Å²) in [7, 11) is 4.03. The van der Waals surface area contributed by atoms with Crippen LogP contribution in [0.3, 0.4) is 0 Å². The second-order valence-corrected chi connectivity index (χ2v) is 9.89. The van der Waals surface area contributed by atoms with Crippen molar-refractivity contribution in [2.75, 3.05) is 50.1 Å². The minimum atomic E-state index is -0.520. The predicted octanol–water partition coefficient (Wildman–Crippen LogP) is 4.74. The van der Waals surface area contributed by atoms with Crippen LogP contribution in [0.5, 0.6) is 0 Å². The first kappa shape index (κ1) is 24.1. The molecule has 182 valence electrons. The summed E-state index contributed by atoms with van der Waals surface area (Å²) in [6.45, 7) is 7.91. The molecule has 8 nitrogen and oxygen atoms in total. The van der Waals surface area contributed by atoms with Crippen LogP contribution in [-0.2, 0) is 4.74 Å². The average Bonchev–Trinajstić information content (AvgIpc) is 3.28. The van der Waals surface area contributed by atoms with E-state index in [1.54, 1.807) is 11.1 Å². The Kier molecular flexibility index (Phi) is 6.70. The van der Waals surface area contributed by atoms with Crippen molar-refractivity contribution in [3.8, 4) is 28.6 Å². The Bertz CT molecular complexity index is 1240. The SMILES string of the molecule is CN(C)c1cccc(-c2cc(-c3cc(C#N)c(N4CCN(C(=O)OC(C)(C)C)CC4)[nH]3)ccn2)c1. The fourth-order valence-electron chi connectivity index (χ4n) is 4.07. The van der Waals surface area contributed by atoms with Crippen molar-refractivity contribution in [3.63, 3.8) is 0 Å². The molecule has 8 heteroatoms. The molecule has 0 radical (unpaired) electrons. The number of carbonyl (C=O) groups excluding carboxylic acids is 1. The van der Waals surface area contributed by atoms with E-state index >= 15 is 0 Å². The summed E-state index contributed by atoms with van der Waals surface area (Å²) in [5.41, 5.74) is 4.88. The maximum Gasteiger partial charge on any atom is 0.410 e. The third-order valence-corrected chi connectivity index (χ3v) is 5.89. The van der Waals surface area contributed by atoms with Gasteiger partial charge in [-0.1, -0.05) is 12.1 Å². The molecule has 1 saturated heterocycles. The number of hydrogen-bond donors (Lipinski definition) is 1. The fraction of sp³-hybridized carbons (Fsp3) is 0.370. The molecule has 3 aromatic rings. The van der Waals surface area contributed by atoms with Gasteiger partial charge in [0, 0.05) is 69.0 Å². The third-order valence-electron chi connectivity index (χ3n) is 5.89. The molecule has 4 rings (SSSR count). The van der Waals surface area contributed by atoms with Crippen LogP contribution in [0.2, 0.25) is 0 Å². The number of anilines is 2. The quantitative estimate of drug-likeness (QED) is 0.590. The van der Waals surface area contributed by atoms with E-state index in [-0.39, 0.29) is 6.09 Å². The molecule has 0 bridgehead atoms. The van der Waals surface area contributed by atoms with Gasteiger partial charge in [0.15, 0.2) is 0 Å². The highest BCUT2D eigenvalue weighted by molar-refractivity contribution is 5.74. The van der Waals surface area contributed by atoms with Gasteiger partial charge in [-0.15, -0.1) is 0 Å². The van der Waals surface area contributed by atoms with Crippen molar-refractivity contribution < 1.29 is 9.53 Å². The zero-order valence-corrected chi connectivity index (χ0v) is 21.0. The second kappa shape index (κ2) is 9.71. The van der Waals surface area contributed by atoms with E-state index < -0.39 is 5.60 Å². The van der Waals surface area contributed by atoms with Crippen molar-refractivity contribution in [1.82, 2.24) is 14.9 Å². The molecule has 0 saturated carbocycles. The van der Waals surface area contributed by atoms with Gasteiger partial charge in [0.25, 0.3) is 0 Å². The molecule has 0 unspecified atom stereocenters. The van der Waals surface area contributed by atoms with Gasteiger partial charge in [-0.2, -0.15) is 5.26 Å². The zero-order valence-electron chi connectivity index (χ0n) is 21.0. The zero-order chi connectivity index (χ0) is 25.2. The molecular weight excluding hydrogens is 440 g/mol. The van der Waals surface area contributed by atoms with Gasteiger partial charge in [-0.3, -0.25) is 4.98 Å². The van der Waals surface area contributed by atoms with E-state index in [0.29, 0.717) is 31.7 Å². The summed E-state index contributed by atoms with van der Waals surface area (Å²) >= 11 is 0. The molecule has 1 aliphatic rings. The molecule has 35 heavy (non-hydrogen) atoms. The Morgan fingerprint density at radius 3 is 2.49 bits per heavy atom. The Morgan fingerprint density at radius 1 is 1.09 bits per heavy atom. The van der Waals surface area contributed by atoms with Crippen LogP contribution < -0.4 is 9.80 Å². The maximum absolute atomic E-state index is 12.4. The maximum atomic E-state index is 12.4. The minimum Gasteiger partial charge on any atom is -0.444 e. The number of rotatable bonds is 4. The van der Waals surface area contributed by atoms with Gasteiger partial charge >= 0.3 is 6.09 Å². The summed E-state index contributed by atoms with van der Waals surface area (Å²) in [6.07, 6.45) is 1.49. The molecule has 0 spiro atoms. The number of piperazine rings is 1. The standard InChI is InChI=1S/C27H32N6O2/c1-27(2,3)35-26(34)33-13-11-32(12-14-33)25-21(18-28)17-24(30-25)20-9-10-29-23(16-20)19-7-6-8-22(15-19)31(4)5/h6-10,15-17,30H,11-14H2,1-5H3. The van der Waals surface area contributed by atoms with Gasteiger partial charge in [0.05, 0.1) is 11.3 Å². The lowest BCUT2D eigenvalue weighted by atomic mass is 10.1. The van der Waals surface area contributed by atoms with E-state index in [2.05, 4.69) is 38.0 Å². The van der Waals surface area contributed by atoms with Crippen LogP contribution >= 0.6 is 0 Å². The van der Waals surface area contributed by atoms with Crippen LogP contribution in [0.25, 0.3) is 22.5 Å². The number of benzene rings is 1. The largest absolute Gasteiger partial charge is 0.444 e. The minimum absolute atomic E-state index is 0.299. The Hall–Kier alpha value is -3.99. The normalized spacial score (nSPS) is 13.9. The van der Waals surface area contributed by atoms with Gasteiger partial charge in [-0.05, 0) is 51.1 Å². The van der Waals surface area contributed by atoms with E-state index in [1.165, 1.54) is 0 Å². The third kappa shape index (κ3) is 5.57. The lowest BCUT2D eigenvalue weighted by Gasteiger charge is -2.36. The first-order chi connectivity index (χ1) is 16.6. The second-order valence-electron chi connectivity index (χ2n) is 9.89. The molecule has 1 aliphatic heterocycles. The summed E-state index contributed by atoms with van der Waals surface area (Å²) in [4.78, 5) is 26.3. The van der Waals surface area contributed by atoms with Crippen LogP contribution in [-0.4, -0.2) is 66.8 Å². The topological polar surface area (TPSA) is 88.5 Å². The highest BCUT2D eigenvalue weighted by atomic mass is 16.6. The number of carbonyl (C=O) groups is 1. The summed E-state index contributed by atoms with van der Waals surface area (Å²) in [5.74, 6) is 0.777. The van der Waals surface area contributed by atoms with Crippen LogP contribution in [0, 0.1) is 11.3 Å². The molecule has 1 fully saturated rings. The highest BCUT2D eigenvalue weighted by Gasteiger charge is 2.27. The number of aromatic nitrogens is 2. The fourth-order valence-corrected chi connectivity index (χ4v) is 4.07. The Balaban J connectivity index is 1.54. The summed E-state index contributed by atoms with van der Waals surface area (Å²) < 4.78 is 5.49. The molecule has 1 N–H and O–H groups in total. The summed E-state index contributed by atoms with van der Waals surface area (Å²) in [5, 5.41) is 9.79. The van der Waals surface area contributed by atoms with Crippen LogP contribution in [0.4, 0.5) is 16.3 Å². The van der Waals surface area contributed by atoms with Crippen molar-refractivity contribution >= 4 is 17.6 Å². The lowest BCUT2D eigenvalue weighted by Crippen LogP contribution is -2.50. The number of nitrogens with zero attached hydrogens (tertiary/aromatic N) is 5. The van der Waals surface area contributed by atoms with Gasteiger partial charge in [0.1, 0.15) is 17.5 Å². The Morgan fingerprint density at radius 2 is 1.83 bits per heavy atom. The Labute approximate surface area is 206 Å². The van der Waals surface area contributed by atoms with Crippen LogP contribution in [0.15, 0.2) is 48.7 Å². The van der Waals surface area contributed by atoms with Crippen molar-refractivity contribution in [3.05, 3.63) is 54.2 Å². The van der Waals surface area contributed by atoms with Crippen molar-refractivity contribution in [2.45, 2.75) is 26.4 Å². The number of pyridine rings is 1. The number of nitrogens with one attached hydrogen (secondary N) is 1. The van der Waals surface area contributed by atoms with Gasteiger partial charge in [-0.25, -0.2) is 4.79 Å². The van der Waals surface area contributed by atoms with E-state index in [0.717, 1.165) is 34.0 Å². The average molecular weight is 473 g/mol. The number of H-pyrrole nitrogens is 1. The molecule has 1 aromatic carbocycles. The molecular formula is C27H32N6O2. The van der Waals surface area contributed by atoms with Crippen molar-refractivity contribution in [2.24, 2.45) is 0 Å². The predicted molar refractivity (Wildman–Crippen MR) is 139 cm³/mol. The molecule has 3 heterocycles. The van der Waals surface area contributed by atoms with Gasteiger partial charge < -0.3 is 24.4 Å². The monoisotopic (exact) mass is 472 g/mol. The van der Waals surface area contributed by atoms with Crippen molar-refractivity contribution in [1.29, 1.82) is 5.26 Å². The van der Waals surface area contributed by atoms with E-state index in [9.17, 15) is 10.1 Å². The molecule has 1 amide bonds. The van der Waals surface area contributed by atoms with Crippen LogP contribution in [0.1, 0.15) is 26.3 Å². The number of ether oxygens (including phenoxy) is 1. The lowest BCUT2D eigenvalue weighted by molar-refractivity contribution is 0.0240. The molecule has 0 atom stereocenters. The summed E-state index contributed by atoms with van der Waals surface area (Å²) in [6, 6.07) is 16.4.